The quantitative estimate of drug-likeness (QED) is 0.921. The molecule has 0 unspecified atom stereocenters. The zero-order valence-corrected chi connectivity index (χ0v) is 15.4. The van der Waals surface area contributed by atoms with Gasteiger partial charge in [0.05, 0.1) is 18.1 Å². The summed E-state index contributed by atoms with van der Waals surface area (Å²) in [5.41, 5.74) is 2.06. The van der Waals surface area contributed by atoms with Crippen LogP contribution < -0.4 is 5.32 Å². The minimum Gasteiger partial charge on any atom is -0.349 e. The van der Waals surface area contributed by atoms with E-state index in [1.54, 1.807) is 17.1 Å². The monoisotopic (exact) mass is 353 g/mol. The number of piperidine rings is 1. The highest BCUT2D eigenvalue weighted by molar-refractivity contribution is 5.94. The van der Waals surface area contributed by atoms with Crippen molar-refractivity contribution < 1.29 is 4.79 Å². The largest absolute Gasteiger partial charge is 0.349 e. The molecule has 2 fully saturated rings. The van der Waals surface area contributed by atoms with Crippen molar-refractivity contribution >= 4 is 5.91 Å². The Morgan fingerprint density at radius 3 is 2.65 bits per heavy atom. The normalized spacial score (nSPS) is 21.0. The number of rotatable bonds is 3. The second-order valence-corrected chi connectivity index (χ2v) is 7.95. The summed E-state index contributed by atoms with van der Waals surface area (Å²) in [4.78, 5) is 15.1. The number of carbonyl (C=O) groups is 1. The van der Waals surface area contributed by atoms with Crippen LogP contribution in [-0.2, 0) is 0 Å². The standard InChI is InChI=1S/C20H27N5O/c1-24-12-9-20(10-13-24)7-5-17(6-8-20)22-19(26)16-3-2-4-18(15-16)25-14-11-21-23-25/h2-4,11,14-15,17H,5-10,12-13H2,1H3,(H,22,26). The second-order valence-electron chi connectivity index (χ2n) is 7.95. The fourth-order valence-corrected chi connectivity index (χ4v) is 4.37. The van der Waals surface area contributed by atoms with Crippen LogP contribution in [0.2, 0.25) is 0 Å². The predicted octanol–water partition coefficient (Wildman–Crippen LogP) is 2.65. The first-order valence-electron chi connectivity index (χ1n) is 9.60. The molecule has 138 valence electrons. The van der Waals surface area contributed by atoms with Gasteiger partial charge in [-0.25, -0.2) is 4.68 Å². The van der Waals surface area contributed by atoms with Crippen LogP contribution in [0.25, 0.3) is 5.69 Å². The van der Waals surface area contributed by atoms with Crippen LogP contribution in [0, 0.1) is 5.41 Å². The Morgan fingerprint density at radius 1 is 1.19 bits per heavy atom. The van der Waals surface area contributed by atoms with E-state index in [9.17, 15) is 4.79 Å². The molecule has 1 spiro atoms. The minimum atomic E-state index is 0.0105. The van der Waals surface area contributed by atoms with E-state index in [0.29, 0.717) is 17.0 Å². The first-order valence-corrected chi connectivity index (χ1v) is 9.60. The number of hydrogen-bond donors (Lipinski definition) is 1. The predicted molar refractivity (Wildman–Crippen MR) is 100 cm³/mol. The molecule has 2 aliphatic rings. The van der Waals surface area contributed by atoms with Crippen molar-refractivity contribution in [1.82, 2.24) is 25.2 Å². The van der Waals surface area contributed by atoms with Crippen LogP contribution in [0.15, 0.2) is 36.7 Å². The summed E-state index contributed by atoms with van der Waals surface area (Å²) in [6.07, 6.45) is 10.7. The first kappa shape index (κ1) is 17.2. The fraction of sp³-hybridized carbons (Fsp3) is 0.550. The molecule has 1 saturated heterocycles. The van der Waals surface area contributed by atoms with Crippen LogP contribution in [0.3, 0.4) is 0 Å². The van der Waals surface area contributed by atoms with E-state index in [-0.39, 0.29) is 5.91 Å². The Labute approximate surface area is 154 Å². The van der Waals surface area contributed by atoms with Crippen LogP contribution in [0.4, 0.5) is 0 Å². The van der Waals surface area contributed by atoms with Crippen molar-refractivity contribution in [3.8, 4) is 5.69 Å². The summed E-state index contributed by atoms with van der Waals surface area (Å²) < 4.78 is 1.67. The maximum absolute atomic E-state index is 12.7. The van der Waals surface area contributed by atoms with Gasteiger partial charge in [0.2, 0.25) is 0 Å². The first-order chi connectivity index (χ1) is 12.6. The van der Waals surface area contributed by atoms with Gasteiger partial charge in [-0.3, -0.25) is 4.79 Å². The van der Waals surface area contributed by atoms with Crippen molar-refractivity contribution in [3.63, 3.8) is 0 Å². The average Bonchev–Trinajstić information content (AvgIpc) is 3.21. The van der Waals surface area contributed by atoms with Crippen molar-refractivity contribution in [2.75, 3.05) is 20.1 Å². The molecule has 1 aliphatic carbocycles. The van der Waals surface area contributed by atoms with Gasteiger partial charge in [-0.1, -0.05) is 11.3 Å². The number of likely N-dealkylation sites (tertiary alicyclic amines) is 1. The number of carbonyl (C=O) groups excluding carboxylic acids is 1. The van der Waals surface area contributed by atoms with Crippen molar-refractivity contribution in [1.29, 1.82) is 0 Å². The minimum absolute atomic E-state index is 0.0105. The lowest BCUT2D eigenvalue weighted by atomic mass is 9.67. The number of nitrogens with one attached hydrogen (secondary N) is 1. The Balaban J connectivity index is 1.35. The highest BCUT2D eigenvalue weighted by atomic mass is 16.1. The van der Waals surface area contributed by atoms with Gasteiger partial charge < -0.3 is 10.2 Å². The molecule has 0 atom stereocenters. The third-order valence-electron chi connectivity index (χ3n) is 6.22. The van der Waals surface area contributed by atoms with Crippen molar-refractivity contribution in [2.24, 2.45) is 5.41 Å². The third kappa shape index (κ3) is 3.65. The number of benzene rings is 1. The molecule has 1 aromatic heterocycles. The van der Waals surface area contributed by atoms with Crippen molar-refractivity contribution in [3.05, 3.63) is 42.2 Å². The van der Waals surface area contributed by atoms with Gasteiger partial charge in [-0.05, 0) is 82.3 Å². The third-order valence-corrected chi connectivity index (χ3v) is 6.22. The van der Waals surface area contributed by atoms with Gasteiger partial charge in [-0.2, -0.15) is 0 Å². The number of nitrogens with zero attached hydrogens (tertiary/aromatic N) is 4. The zero-order valence-electron chi connectivity index (χ0n) is 15.4. The molecule has 1 N–H and O–H groups in total. The van der Waals surface area contributed by atoms with Crippen molar-refractivity contribution in [2.45, 2.75) is 44.6 Å². The molecule has 2 aromatic rings. The zero-order chi connectivity index (χ0) is 18.0. The maximum atomic E-state index is 12.7. The molecule has 1 amide bonds. The summed E-state index contributed by atoms with van der Waals surface area (Å²) in [6, 6.07) is 7.83. The Kier molecular flexibility index (Phi) is 4.76. The number of hydrogen-bond acceptors (Lipinski definition) is 4. The van der Waals surface area contributed by atoms with Gasteiger partial charge in [0.15, 0.2) is 0 Å². The summed E-state index contributed by atoms with van der Waals surface area (Å²) in [5, 5.41) is 11.1. The van der Waals surface area contributed by atoms with Crippen LogP contribution in [0.1, 0.15) is 48.9 Å². The van der Waals surface area contributed by atoms with E-state index in [1.807, 2.05) is 24.3 Å². The lowest BCUT2D eigenvalue weighted by Gasteiger charge is -2.45. The number of aromatic nitrogens is 3. The molecule has 6 heteroatoms. The van der Waals surface area contributed by atoms with E-state index in [2.05, 4.69) is 27.6 Å². The molecule has 0 radical (unpaired) electrons. The van der Waals surface area contributed by atoms with Gasteiger partial charge in [0, 0.05) is 11.6 Å². The average molecular weight is 353 g/mol. The molecule has 4 rings (SSSR count). The summed E-state index contributed by atoms with van der Waals surface area (Å²) >= 11 is 0. The second kappa shape index (κ2) is 7.19. The molecular formula is C20H27N5O. The van der Waals surface area contributed by atoms with Gasteiger partial charge in [0.25, 0.3) is 5.91 Å². The Hall–Kier alpha value is -2.21. The van der Waals surface area contributed by atoms with Gasteiger partial charge >= 0.3 is 0 Å². The molecule has 26 heavy (non-hydrogen) atoms. The van der Waals surface area contributed by atoms with Crippen LogP contribution in [-0.4, -0.2) is 52.0 Å². The SMILES string of the molecule is CN1CCC2(CCC(NC(=O)c3cccc(-n4ccnn4)c3)CC2)CC1. The molecular weight excluding hydrogens is 326 g/mol. The molecule has 1 aliphatic heterocycles. The van der Waals surface area contributed by atoms with Gasteiger partial charge in [0.1, 0.15) is 0 Å². The van der Waals surface area contributed by atoms with Crippen LogP contribution in [0.5, 0.6) is 0 Å². The van der Waals surface area contributed by atoms with Gasteiger partial charge in [-0.15, -0.1) is 5.10 Å². The summed E-state index contributed by atoms with van der Waals surface area (Å²) in [7, 11) is 2.21. The maximum Gasteiger partial charge on any atom is 0.251 e. The van der Waals surface area contributed by atoms with E-state index in [0.717, 1.165) is 18.5 Å². The Bertz CT molecular complexity index is 739. The molecule has 1 aromatic carbocycles. The van der Waals surface area contributed by atoms with E-state index >= 15 is 0 Å². The van der Waals surface area contributed by atoms with Crippen LogP contribution >= 0.6 is 0 Å². The Morgan fingerprint density at radius 2 is 1.96 bits per heavy atom. The lowest BCUT2D eigenvalue weighted by molar-refractivity contribution is 0.0654. The summed E-state index contributed by atoms with van der Waals surface area (Å²) in [6.45, 7) is 2.43. The fourth-order valence-electron chi connectivity index (χ4n) is 4.37. The number of amides is 1. The van der Waals surface area contributed by atoms with E-state index in [4.69, 9.17) is 0 Å². The summed E-state index contributed by atoms with van der Waals surface area (Å²) in [5.74, 6) is 0.0105. The topological polar surface area (TPSA) is 63.1 Å². The molecule has 2 heterocycles. The smallest absolute Gasteiger partial charge is 0.251 e. The lowest BCUT2D eigenvalue weighted by Crippen LogP contribution is -2.44. The van der Waals surface area contributed by atoms with E-state index in [1.165, 1.54) is 38.8 Å². The molecule has 0 bridgehead atoms. The highest BCUT2D eigenvalue weighted by Crippen LogP contribution is 2.44. The highest BCUT2D eigenvalue weighted by Gasteiger charge is 2.37. The van der Waals surface area contributed by atoms with E-state index < -0.39 is 0 Å². The molecule has 1 saturated carbocycles. The molecule has 6 nitrogen and oxygen atoms in total.